The lowest BCUT2D eigenvalue weighted by molar-refractivity contribution is 0.143. The highest BCUT2D eigenvalue weighted by Crippen LogP contribution is 2.15. The summed E-state index contributed by atoms with van der Waals surface area (Å²) in [5.74, 6) is 0.332. The number of rotatable bonds is 6. The standard InChI is InChI=1S/C14H21FO/c1-3-4-11(2)9-14(16)10-12-5-7-13(15)8-6-12/h5-8,11,14,16H,3-4,9-10H2,1-2H3. The maximum atomic E-state index is 12.7. The van der Waals surface area contributed by atoms with E-state index >= 15 is 0 Å². The van der Waals surface area contributed by atoms with Crippen molar-refractivity contribution >= 4 is 0 Å². The molecule has 0 aliphatic heterocycles. The average molecular weight is 224 g/mol. The summed E-state index contributed by atoms with van der Waals surface area (Å²) < 4.78 is 12.7. The van der Waals surface area contributed by atoms with Gasteiger partial charge in [-0.25, -0.2) is 4.39 Å². The highest BCUT2D eigenvalue weighted by molar-refractivity contribution is 5.16. The van der Waals surface area contributed by atoms with Crippen LogP contribution in [0.2, 0.25) is 0 Å². The van der Waals surface area contributed by atoms with Gasteiger partial charge in [-0.15, -0.1) is 0 Å². The molecule has 0 amide bonds. The van der Waals surface area contributed by atoms with E-state index in [0.29, 0.717) is 12.3 Å². The minimum atomic E-state index is -0.313. The van der Waals surface area contributed by atoms with Crippen molar-refractivity contribution in [3.63, 3.8) is 0 Å². The molecule has 0 saturated carbocycles. The van der Waals surface area contributed by atoms with Crippen molar-refractivity contribution in [1.29, 1.82) is 0 Å². The molecule has 0 aliphatic rings. The zero-order valence-electron chi connectivity index (χ0n) is 10.1. The van der Waals surface area contributed by atoms with E-state index in [2.05, 4.69) is 13.8 Å². The molecule has 2 unspecified atom stereocenters. The van der Waals surface area contributed by atoms with Gasteiger partial charge in [0.25, 0.3) is 0 Å². The zero-order chi connectivity index (χ0) is 12.0. The maximum Gasteiger partial charge on any atom is 0.123 e. The molecule has 0 aliphatic carbocycles. The van der Waals surface area contributed by atoms with Gasteiger partial charge in [-0.2, -0.15) is 0 Å². The Labute approximate surface area is 97.3 Å². The third-order valence-corrected chi connectivity index (χ3v) is 2.84. The van der Waals surface area contributed by atoms with Crippen LogP contribution in [0.4, 0.5) is 4.39 Å². The first-order valence-corrected chi connectivity index (χ1v) is 6.04. The van der Waals surface area contributed by atoms with Crippen LogP contribution < -0.4 is 0 Å². The normalized spacial score (nSPS) is 14.8. The summed E-state index contributed by atoms with van der Waals surface area (Å²) >= 11 is 0. The van der Waals surface area contributed by atoms with Crippen molar-refractivity contribution in [2.24, 2.45) is 5.92 Å². The van der Waals surface area contributed by atoms with Gasteiger partial charge in [-0.3, -0.25) is 0 Å². The monoisotopic (exact) mass is 224 g/mol. The minimum Gasteiger partial charge on any atom is -0.393 e. The van der Waals surface area contributed by atoms with Crippen molar-refractivity contribution in [1.82, 2.24) is 0 Å². The Morgan fingerprint density at radius 3 is 2.44 bits per heavy atom. The van der Waals surface area contributed by atoms with E-state index in [1.807, 2.05) is 0 Å². The van der Waals surface area contributed by atoms with E-state index in [9.17, 15) is 9.50 Å². The summed E-state index contributed by atoms with van der Waals surface area (Å²) in [5.41, 5.74) is 0.998. The number of hydrogen-bond acceptors (Lipinski definition) is 1. The largest absolute Gasteiger partial charge is 0.393 e. The van der Waals surface area contributed by atoms with Crippen LogP contribution >= 0.6 is 0 Å². The van der Waals surface area contributed by atoms with Crippen molar-refractivity contribution in [2.45, 2.75) is 45.6 Å². The van der Waals surface area contributed by atoms with Crippen LogP contribution in [0.3, 0.4) is 0 Å². The first-order chi connectivity index (χ1) is 7.61. The Kier molecular flexibility index (Phi) is 5.47. The molecule has 0 spiro atoms. The smallest absolute Gasteiger partial charge is 0.123 e. The van der Waals surface area contributed by atoms with E-state index in [4.69, 9.17) is 0 Å². The molecule has 90 valence electrons. The van der Waals surface area contributed by atoms with Crippen LogP contribution in [0.5, 0.6) is 0 Å². The molecule has 0 radical (unpaired) electrons. The van der Waals surface area contributed by atoms with E-state index < -0.39 is 0 Å². The van der Waals surface area contributed by atoms with E-state index in [0.717, 1.165) is 24.8 Å². The fourth-order valence-corrected chi connectivity index (χ4v) is 2.05. The number of benzene rings is 1. The quantitative estimate of drug-likeness (QED) is 0.783. The highest BCUT2D eigenvalue weighted by Gasteiger charge is 2.10. The Morgan fingerprint density at radius 1 is 1.25 bits per heavy atom. The Balaban J connectivity index is 2.39. The Morgan fingerprint density at radius 2 is 1.88 bits per heavy atom. The molecule has 0 saturated heterocycles. The van der Waals surface area contributed by atoms with Crippen LogP contribution in [0.15, 0.2) is 24.3 Å². The lowest BCUT2D eigenvalue weighted by Crippen LogP contribution is -2.14. The fourth-order valence-electron chi connectivity index (χ4n) is 2.05. The number of aliphatic hydroxyl groups excluding tert-OH is 1. The van der Waals surface area contributed by atoms with Crippen molar-refractivity contribution in [3.05, 3.63) is 35.6 Å². The van der Waals surface area contributed by atoms with Crippen LogP contribution in [0.1, 0.15) is 38.7 Å². The van der Waals surface area contributed by atoms with Gasteiger partial charge in [-0.05, 0) is 36.5 Å². The number of halogens is 1. The van der Waals surface area contributed by atoms with Crippen molar-refractivity contribution in [2.75, 3.05) is 0 Å². The lowest BCUT2D eigenvalue weighted by atomic mass is 9.95. The van der Waals surface area contributed by atoms with Gasteiger partial charge < -0.3 is 5.11 Å². The summed E-state index contributed by atoms with van der Waals surface area (Å²) in [5, 5.41) is 9.88. The SMILES string of the molecule is CCCC(C)CC(O)Cc1ccc(F)cc1. The summed E-state index contributed by atoms with van der Waals surface area (Å²) in [6.07, 6.45) is 3.44. The second-order valence-corrected chi connectivity index (χ2v) is 4.61. The molecule has 2 atom stereocenters. The molecule has 1 nitrogen and oxygen atoms in total. The van der Waals surface area contributed by atoms with Crippen LogP contribution in [0.25, 0.3) is 0 Å². The van der Waals surface area contributed by atoms with Gasteiger partial charge in [0.05, 0.1) is 6.10 Å². The Bertz CT molecular complexity index is 294. The molecule has 2 heteroatoms. The molecule has 1 aromatic carbocycles. The number of hydrogen-bond donors (Lipinski definition) is 1. The molecule has 1 rings (SSSR count). The molecular formula is C14H21FO. The molecule has 16 heavy (non-hydrogen) atoms. The van der Waals surface area contributed by atoms with Gasteiger partial charge in [0.15, 0.2) is 0 Å². The molecule has 0 aromatic heterocycles. The first-order valence-electron chi connectivity index (χ1n) is 6.04. The molecule has 1 aromatic rings. The molecule has 0 heterocycles. The van der Waals surface area contributed by atoms with Gasteiger partial charge in [0.1, 0.15) is 5.82 Å². The summed E-state index contributed by atoms with van der Waals surface area (Å²) in [4.78, 5) is 0. The zero-order valence-corrected chi connectivity index (χ0v) is 10.1. The third kappa shape index (κ3) is 4.75. The topological polar surface area (TPSA) is 20.2 Å². The number of aliphatic hydroxyl groups is 1. The second-order valence-electron chi connectivity index (χ2n) is 4.61. The average Bonchev–Trinajstić information content (AvgIpc) is 2.21. The van der Waals surface area contributed by atoms with Gasteiger partial charge in [-0.1, -0.05) is 38.8 Å². The molecule has 0 fully saturated rings. The second kappa shape index (κ2) is 6.64. The van der Waals surface area contributed by atoms with E-state index in [1.54, 1.807) is 12.1 Å². The Hall–Kier alpha value is -0.890. The lowest BCUT2D eigenvalue weighted by Gasteiger charge is -2.15. The van der Waals surface area contributed by atoms with E-state index in [-0.39, 0.29) is 11.9 Å². The summed E-state index contributed by atoms with van der Waals surface area (Å²) in [6, 6.07) is 6.36. The van der Waals surface area contributed by atoms with Gasteiger partial charge >= 0.3 is 0 Å². The minimum absolute atomic E-state index is 0.224. The van der Waals surface area contributed by atoms with Gasteiger partial charge in [0.2, 0.25) is 0 Å². The van der Waals surface area contributed by atoms with E-state index in [1.165, 1.54) is 12.1 Å². The van der Waals surface area contributed by atoms with Crippen LogP contribution in [0, 0.1) is 11.7 Å². The molecule has 0 bridgehead atoms. The molecule has 1 N–H and O–H groups in total. The van der Waals surface area contributed by atoms with Crippen LogP contribution in [-0.4, -0.2) is 11.2 Å². The molecular weight excluding hydrogens is 203 g/mol. The van der Waals surface area contributed by atoms with Crippen molar-refractivity contribution < 1.29 is 9.50 Å². The fraction of sp³-hybridized carbons (Fsp3) is 0.571. The predicted molar refractivity (Wildman–Crippen MR) is 64.8 cm³/mol. The van der Waals surface area contributed by atoms with Crippen molar-refractivity contribution in [3.8, 4) is 0 Å². The first kappa shape index (κ1) is 13.2. The third-order valence-electron chi connectivity index (χ3n) is 2.84. The summed E-state index contributed by atoms with van der Waals surface area (Å²) in [6.45, 7) is 4.32. The highest BCUT2D eigenvalue weighted by atomic mass is 19.1. The predicted octanol–water partition coefficient (Wildman–Crippen LogP) is 3.56. The van der Waals surface area contributed by atoms with Gasteiger partial charge in [0, 0.05) is 0 Å². The van der Waals surface area contributed by atoms with Crippen LogP contribution in [-0.2, 0) is 6.42 Å². The summed E-state index contributed by atoms with van der Waals surface area (Å²) in [7, 11) is 0. The maximum absolute atomic E-state index is 12.7.